The van der Waals surface area contributed by atoms with Gasteiger partial charge in [-0.05, 0) is 24.3 Å². The highest BCUT2D eigenvalue weighted by atomic mass is 127. The standard InChI is InChI=1S/C15H12ClIN4O/c1-22-9-6-7-10(16)13(8-9)20-14-15(21-17)19-12-5-3-2-4-11(12)18-14/h2-8H,1H3,(H,18,20)(H,19,21). The van der Waals surface area contributed by atoms with Gasteiger partial charge in [-0.15, -0.1) is 0 Å². The van der Waals surface area contributed by atoms with Crippen LogP contribution in [0.15, 0.2) is 42.5 Å². The summed E-state index contributed by atoms with van der Waals surface area (Å²) >= 11 is 8.26. The second kappa shape index (κ2) is 6.53. The number of fused-ring (bicyclic) bond motifs is 1. The van der Waals surface area contributed by atoms with Gasteiger partial charge in [0.25, 0.3) is 0 Å². The highest BCUT2D eigenvalue weighted by molar-refractivity contribution is 14.1. The Hall–Kier alpha value is -1.80. The second-order valence-electron chi connectivity index (χ2n) is 4.47. The van der Waals surface area contributed by atoms with E-state index in [0.717, 1.165) is 11.0 Å². The summed E-state index contributed by atoms with van der Waals surface area (Å²) in [5.41, 5.74) is 2.34. The Morgan fingerprint density at radius 2 is 1.73 bits per heavy atom. The van der Waals surface area contributed by atoms with Crippen LogP contribution >= 0.6 is 34.5 Å². The fourth-order valence-electron chi connectivity index (χ4n) is 2.01. The van der Waals surface area contributed by atoms with Crippen molar-refractivity contribution in [3.05, 3.63) is 47.5 Å². The molecule has 112 valence electrons. The monoisotopic (exact) mass is 426 g/mol. The number of para-hydroxylation sites is 2. The Balaban J connectivity index is 2.06. The van der Waals surface area contributed by atoms with Crippen LogP contribution in [-0.4, -0.2) is 17.1 Å². The third kappa shape index (κ3) is 3.02. The van der Waals surface area contributed by atoms with E-state index in [9.17, 15) is 0 Å². The molecule has 0 amide bonds. The maximum absolute atomic E-state index is 6.23. The van der Waals surface area contributed by atoms with Gasteiger partial charge in [0.05, 0.1) is 51.7 Å². The van der Waals surface area contributed by atoms with Gasteiger partial charge in [0, 0.05) is 6.07 Å². The lowest BCUT2D eigenvalue weighted by atomic mass is 10.3. The van der Waals surface area contributed by atoms with Gasteiger partial charge < -0.3 is 13.6 Å². The van der Waals surface area contributed by atoms with Gasteiger partial charge in [0.15, 0.2) is 11.6 Å². The molecule has 5 nitrogen and oxygen atoms in total. The van der Waals surface area contributed by atoms with Crippen molar-refractivity contribution >= 4 is 62.8 Å². The maximum Gasteiger partial charge on any atom is 0.178 e. The van der Waals surface area contributed by atoms with E-state index in [0.29, 0.717) is 28.1 Å². The first kappa shape index (κ1) is 15.1. The van der Waals surface area contributed by atoms with Crippen LogP contribution in [0.5, 0.6) is 5.75 Å². The Morgan fingerprint density at radius 1 is 1.05 bits per heavy atom. The lowest BCUT2D eigenvalue weighted by Crippen LogP contribution is -2.01. The molecule has 0 spiro atoms. The third-order valence-corrected chi connectivity index (χ3v) is 3.93. The summed E-state index contributed by atoms with van der Waals surface area (Å²) in [6, 6.07) is 13.1. The van der Waals surface area contributed by atoms with Crippen molar-refractivity contribution in [2.45, 2.75) is 0 Å². The van der Waals surface area contributed by atoms with Crippen LogP contribution in [0.25, 0.3) is 11.0 Å². The van der Waals surface area contributed by atoms with Crippen molar-refractivity contribution in [3.8, 4) is 5.75 Å². The zero-order valence-corrected chi connectivity index (χ0v) is 14.5. The molecular weight excluding hydrogens is 415 g/mol. The average molecular weight is 427 g/mol. The summed E-state index contributed by atoms with van der Waals surface area (Å²) in [6.45, 7) is 0. The van der Waals surface area contributed by atoms with E-state index in [4.69, 9.17) is 16.3 Å². The number of halogens is 2. The number of aromatic nitrogens is 2. The molecule has 1 heterocycles. The van der Waals surface area contributed by atoms with Crippen LogP contribution in [0.3, 0.4) is 0 Å². The average Bonchev–Trinajstić information content (AvgIpc) is 2.56. The minimum atomic E-state index is 0.579. The first-order valence-electron chi connectivity index (χ1n) is 6.45. The topological polar surface area (TPSA) is 59.1 Å². The Labute approximate surface area is 146 Å². The van der Waals surface area contributed by atoms with E-state index >= 15 is 0 Å². The number of hydrogen-bond donors (Lipinski definition) is 2. The summed E-state index contributed by atoms with van der Waals surface area (Å²) < 4.78 is 8.24. The fourth-order valence-corrected chi connectivity index (χ4v) is 2.55. The molecule has 7 heteroatoms. The molecular formula is C15H12ClIN4O. The third-order valence-electron chi connectivity index (χ3n) is 3.09. The number of anilines is 3. The number of hydrogen-bond acceptors (Lipinski definition) is 5. The van der Waals surface area contributed by atoms with Gasteiger partial charge in [0.2, 0.25) is 0 Å². The zero-order chi connectivity index (χ0) is 15.5. The molecule has 0 unspecified atom stereocenters. The molecule has 2 N–H and O–H groups in total. The predicted octanol–water partition coefficient (Wildman–Crippen LogP) is 4.80. The van der Waals surface area contributed by atoms with Crippen molar-refractivity contribution in [2.24, 2.45) is 0 Å². The highest BCUT2D eigenvalue weighted by Gasteiger charge is 2.10. The second-order valence-corrected chi connectivity index (χ2v) is 5.42. The molecule has 0 radical (unpaired) electrons. The SMILES string of the molecule is COc1ccc(Cl)c(Nc2nc3ccccc3nc2NI)c1. The van der Waals surface area contributed by atoms with Gasteiger partial charge >= 0.3 is 0 Å². The molecule has 1 aromatic heterocycles. The van der Waals surface area contributed by atoms with E-state index in [-0.39, 0.29) is 0 Å². The number of benzene rings is 2. The fraction of sp³-hybridized carbons (Fsp3) is 0.0667. The normalized spacial score (nSPS) is 10.5. The quantitative estimate of drug-likeness (QED) is 0.464. The summed E-state index contributed by atoms with van der Waals surface area (Å²) in [7, 11) is 1.61. The molecule has 0 atom stereocenters. The van der Waals surface area contributed by atoms with Crippen LogP contribution in [0.4, 0.5) is 17.3 Å². The van der Waals surface area contributed by atoms with Crippen molar-refractivity contribution in [3.63, 3.8) is 0 Å². The number of nitrogens with zero attached hydrogens (tertiary/aromatic N) is 2. The van der Waals surface area contributed by atoms with Crippen LogP contribution in [0.2, 0.25) is 5.02 Å². The maximum atomic E-state index is 6.23. The van der Waals surface area contributed by atoms with Gasteiger partial charge in [-0.3, -0.25) is 0 Å². The molecule has 3 aromatic rings. The predicted molar refractivity (Wildman–Crippen MR) is 98.5 cm³/mol. The molecule has 0 saturated carbocycles. The Kier molecular flexibility index (Phi) is 4.49. The molecule has 3 rings (SSSR count). The van der Waals surface area contributed by atoms with Crippen molar-refractivity contribution < 1.29 is 4.74 Å². The molecule has 2 aromatic carbocycles. The Bertz CT molecular complexity index is 828. The lowest BCUT2D eigenvalue weighted by Gasteiger charge is -2.12. The minimum Gasteiger partial charge on any atom is -0.497 e. The minimum absolute atomic E-state index is 0.579. The van der Waals surface area contributed by atoms with E-state index in [1.54, 1.807) is 19.2 Å². The molecule has 22 heavy (non-hydrogen) atoms. The largest absolute Gasteiger partial charge is 0.497 e. The molecule has 0 aliphatic carbocycles. The molecule has 0 bridgehead atoms. The number of methoxy groups -OCH3 is 1. The van der Waals surface area contributed by atoms with E-state index in [1.807, 2.05) is 53.2 Å². The zero-order valence-electron chi connectivity index (χ0n) is 11.6. The molecule has 0 saturated heterocycles. The number of rotatable bonds is 4. The summed E-state index contributed by atoms with van der Waals surface area (Å²) in [6.07, 6.45) is 0. The number of nitrogens with one attached hydrogen (secondary N) is 2. The molecule has 0 aliphatic rings. The lowest BCUT2D eigenvalue weighted by molar-refractivity contribution is 0.415. The van der Waals surface area contributed by atoms with E-state index in [2.05, 4.69) is 18.8 Å². The van der Waals surface area contributed by atoms with Crippen molar-refractivity contribution in [2.75, 3.05) is 16.0 Å². The van der Waals surface area contributed by atoms with Crippen LogP contribution in [-0.2, 0) is 0 Å². The van der Waals surface area contributed by atoms with Crippen LogP contribution in [0.1, 0.15) is 0 Å². The van der Waals surface area contributed by atoms with Crippen molar-refractivity contribution in [1.82, 2.24) is 9.97 Å². The smallest absolute Gasteiger partial charge is 0.178 e. The first-order valence-corrected chi connectivity index (χ1v) is 7.91. The van der Waals surface area contributed by atoms with Crippen LogP contribution < -0.4 is 13.6 Å². The Morgan fingerprint density at radius 3 is 2.36 bits per heavy atom. The van der Waals surface area contributed by atoms with Gasteiger partial charge in [-0.1, -0.05) is 23.7 Å². The molecule has 0 aliphatic heterocycles. The van der Waals surface area contributed by atoms with E-state index in [1.165, 1.54) is 0 Å². The first-order chi connectivity index (χ1) is 10.7. The molecule has 0 fully saturated rings. The van der Waals surface area contributed by atoms with Gasteiger partial charge in [0.1, 0.15) is 5.75 Å². The summed E-state index contributed by atoms with van der Waals surface area (Å²) in [4.78, 5) is 9.14. The van der Waals surface area contributed by atoms with Crippen molar-refractivity contribution in [1.29, 1.82) is 0 Å². The summed E-state index contributed by atoms with van der Waals surface area (Å²) in [5.74, 6) is 1.95. The number of ether oxygens (including phenoxy) is 1. The van der Waals surface area contributed by atoms with Crippen LogP contribution in [0, 0.1) is 0 Å². The highest BCUT2D eigenvalue weighted by Crippen LogP contribution is 2.32. The van der Waals surface area contributed by atoms with E-state index < -0.39 is 0 Å². The summed E-state index contributed by atoms with van der Waals surface area (Å²) in [5, 5.41) is 3.78. The van der Waals surface area contributed by atoms with Gasteiger partial charge in [-0.2, -0.15) is 0 Å². The van der Waals surface area contributed by atoms with Gasteiger partial charge in [-0.25, -0.2) is 9.97 Å².